The van der Waals surface area contributed by atoms with Gasteiger partial charge in [0.25, 0.3) is 0 Å². The lowest BCUT2D eigenvalue weighted by molar-refractivity contribution is -0.142. The molecule has 2 atom stereocenters. The molecule has 0 bridgehead atoms. The third kappa shape index (κ3) is 7.47. The van der Waals surface area contributed by atoms with Gasteiger partial charge in [0, 0.05) is 28.9 Å². The number of hydrogen-bond acceptors (Lipinski definition) is 7. The van der Waals surface area contributed by atoms with Crippen LogP contribution in [0.1, 0.15) is 35.6 Å². The van der Waals surface area contributed by atoms with Crippen LogP contribution in [0.5, 0.6) is 0 Å². The Kier molecular flexibility index (Phi) is 9.64. The molecule has 2 aromatic heterocycles. The summed E-state index contributed by atoms with van der Waals surface area (Å²) < 4.78 is 24.7. The summed E-state index contributed by atoms with van der Waals surface area (Å²) in [7, 11) is 0. The highest BCUT2D eigenvalue weighted by atomic mass is 19.1. The minimum atomic E-state index is -1.39. The van der Waals surface area contributed by atoms with Gasteiger partial charge in [0.1, 0.15) is 23.0 Å². The van der Waals surface area contributed by atoms with Gasteiger partial charge in [0.15, 0.2) is 6.04 Å². The maximum atomic E-state index is 13.5. The molecule has 0 aliphatic heterocycles. The van der Waals surface area contributed by atoms with Crippen LogP contribution in [0.2, 0.25) is 0 Å². The van der Waals surface area contributed by atoms with Crippen LogP contribution in [-0.2, 0) is 20.8 Å². The number of amides is 4. The second-order valence-electron chi connectivity index (χ2n) is 10.9. The smallest absolute Gasteiger partial charge is 0.340 e. The Labute approximate surface area is 266 Å². The summed E-state index contributed by atoms with van der Waals surface area (Å²) in [6.07, 6.45) is 1.33. The van der Waals surface area contributed by atoms with Crippen LogP contribution in [0.3, 0.4) is 0 Å². The molecule has 0 saturated carbocycles. The second kappa shape index (κ2) is 14.0. The molecular formula is C34H31FN4O8. The van der Waals surface area contributed by atoms with Gasteiger partial charge in [0.2, 0.25) is 11.8 Å². The number of carbonyl (C=O) groups excluding carboxylic acids is 3. The maximum Gasteiger partial charge on any atom is 0.340 e. The summed E-state index contributed by atoms with van der Waals surface area (Å²) in [5, 5.41) is 18.5. The van der Waals surface area contributed by atoms with Gasteiger partial charge in [-0.15, -0.1) is 0 Å². The van der Waals surface area contributed by atoms with E-state index in [-0.39, 0.29) is 36.4 Å². The van der Waals surface area contributed by atoms with E-state index in [2.05, 4.69) is 16.0 Å². The molecule has 5 rings (SSSR count). The van der Waals surface area contributed by atoms with Crippen molar-refractivity contribution < 1.29 is 37.5 Å². The molecule has 2 heterocycles. The summed E-state index contributed by atoms with van der Waals surface area (Å²) in [5.41, 5.74) is 7.31. The highest BCUT2D eigenvalue weighted by Crippen LogP contribution is 2.34. The Morgan fingerprint density at radius 3 is 2.36 bits per heavy atom. The monoisotopic (exact) mass is 642 g/mol. The molecule has 242 valence electrons. The molecule has 13 heteroatoms. The number of carboxylic acids is 1. The Hall–Kier alpha value is -5.98. The van der Waals surface area contributed by atoms with Gasteiger partial charge >= 0.3 is 17.6 Å². The first kappa shape index (κ1) is 32.4. The normalized spacial score (nSPS) is 12.4. The molecule has 0 spiro atoms. The van der Waals surface area contributed by atoms with Crippen molar-refractivity contribution in [1.82, 2.24) is 16.0 Å². The SMILES string of the molecule is Cc1c(CC(=O)NC(CCCNC(N)=O)C(=O)NC(C(=O)O)c2ccccc2)c(=O)oc2cc3occ(-c4ccc(F)cc4)c3cc12. The lowest BCUT2D eigenvalue weighted by Gasteiger charge is -2.22. The molecule has 47 heavy (non-hydrogen) atoms. The third-order valence-electron chi connectivity index (χ3n) is 7.76. The molecule has 0 radical (unpaired) electrons. The number of rotatable bonds is 12. The van der Waals surface area contributed by atoms with Crippen LogP contribution in [0.15, 0.2) is 86.6 Å². The Bertz CT molecular complexity index is 2020. The fraction of sp³-hybridized carbons (Fsp3) is 0.206. The van der Waals surface area contributed by atoms with Gasteiger partial charge in [-0.3, -0.25) is 9.59 Å². The second-order valence-corrected chi connectivity index (χ2v) is 10.9. The van der Waals surface area contributed by atoms with Gasteiger partial charge in [0.05, 0.1) is 18.2 Å². The topological polar surface area (TPSA) is 194 Å². The van der Waals surface area contributed by atoms with Crippen molar-refractivity contribution in [1.29, 1.82) is 0 Å². The number of aryl methyl sites for hydroxylation is 1. The van der Waals surface area contributed by atoms with Gasteiger partial charge in [-0.2, -0.15) is 0 Å². The predicted molar refractivity (Wildman–Crippen MR) is 170 cm³/mol. The molecule has 2 unspecified atom stereocenters. The van der Waals surface area contributed by atoms with E-state index in [1.54, 1.807) is 61.5 Å². The van der Waals surface area contributed by atoms with Gasteiger partial charge in [-0.25, -0.2) is 18.8 Å². The highest BCUT2D eigenvalue weighted by molar-refractivity contribution is 6.02. The number of nitrogens with two attached hydrogens (primary N) is 1. The largest absolute Gasteiger partial charge is 0.479 e. The zero-order chi connectivity index (χ0) is 33.7. The van der Waals surface area contributed by atoms with Crippen LogP contribution >= 0.6 is 0 Å². The summed E-state index contributed by atoms with van der Waals surface area (Å²) >= 11 is 0. The Morgan fingerprint density at radius 1 is 0.957 bits per heavy atom. The number of urea groups is 1. The number of aliphatic carboxylic acids is 1. The molecule has 0 aliphatic carbocycles. The van der Waals surface area contributed by atoms with Crippen molar-refractivity contribution in [2.45, 2.75) is 38.3 Å². The first-order valence-electron chi connectivity index (χ1n) is 14.7. The number of benzene rings is 3. The first-order valence-corrected chi connectivity index (χ1v) is 14.7. The van der Waals surface area contributed by atoms with E-state index in [1.807, 2.05) is 0 Å². The molecule has 4 amide bonds. The standard InChI is InChI=1S/C34H31FN4O8/c1-18-22-14-24-25(19-9-11-21(35)12-10-19)17-46-27(24)16-28(22)47-33(44)23(18)15-29(40)38-26(8-5-13-37-34(36)45)31(41)39-30(32(42)43)20-6-3-2-4-7-20/h2-4,6-7,9-12,14,16-17,26,30H,5,8,13,15H2,1H3,(H,38,40)(H,39,41)(H,42,43)(H3,36,37,45). The lowest BCUT2D eigenvalue weighted by atomic mass is 9.99. The predicted octanol–water partition coefficient (Wildman–Crippen LogP) is 4.07. The number of carbonyl (C=O) groups is 4. The summed E-state index contributed by atoms with van der Waals surface area (Å²) in [4.78, 5) is 62.8. The van der Waals surface area contributed by atoms with E-state index < -0.39 is 47.9 Å². The first-order chi connectivity index (χ1) is 22.5. The molecule has 0 aliphatic rings. The van der Waals surface area contributed by atoms with Crippen molar-refractivity contribution in [3.63, 3.8) is 0 Å². The third-order valence-corrected chi connectivity index (χ3v) is 7.76. The lowest BCUT2D eigenvalue weighted by Crippen LogP contribution is -2.49. The minimum absolute atomic E-state index is 0.0227. The zero-order valence-electron chi connectivity index (χ0n) is 25.2. The van der Waals surface area contributed by atoms with Gasteiger partial charge in [-0.1, -0.05) is 42.5 Å². The van der Waals surface area contributed by atoms with Crippen molar-refractivity contribution in [2.75, 3.05) is 6.54 Å². The van der Waals surface area contributed by atoms with Gasteiger partial charge < -0.3 is 35.6 Å². The molecule has 3 aromatic carbocycles. The van der Waals surface area contributed by atoms with Crippen LogP contribution in [0.4, 0.5) is 9.18 Å². The fourth-order valence-electron chi connectivity index (χ4n) is 5.34. The van der Waals surface area contributed by atoms with Gasteiger partial charge in [-0.05, 0) is 54.7 Å². The molecule has 0 fully saturated rings. The summed E-state index contributed by atoms with van der Waals surface area (Å²) in [5.74, 6) is -3.14. The Morgan fingerprint density at radius 2 is 1.68 bits per heavy atom. The van der Waals surface area contributed by atoms with Crippen molar-refractivity contribution >= 4 is 45.8 Å². The molecule has 12 nitrogen and oxygen atoms in total. The average molecular weight is 643 g/mol. The van der Waals surface area contributed by atoms with E-state index >= 15 is 0 Å². The van der Waals surface area contributed by atoms with Crippen molar-refractivity contribution in [3.05, 3.63) is 106 Å². The van der Waals surface area contributed by atoms with Crippen molar-refractivity contribution in [3.8, 4) is 11.1 Å². The van der Waals surface area contributed by atoms with E-state index in [4.69, 9.17) is 14.6 Å². The van der Waals surface area contributed by atoms with E-state index in [0.717, 1.165) is 0 Å². The Balaban J connectivity index is 1.40. The average Bonchev–Trinajstić information content (AvgIpc) is 3.45. The quantitative estimate of drug-likeness (QED) is 0.0992. The molecule has 5 aromatic rings. The van der Waals surface area contributed by atoms with E-state index in [9.17, 15) is 33.5 Å². The number of halogens is 1. The fourth-order valence-corrected chi connectivity index (χ4v) is 5.34. The minimum Gasteiger partial charge on any atom is -0.479 e. The molecule has 0 saturated heterocycles. The van der Waals surface area contributed by atoms with Crippen LogP contribution in [0, 0.1) is 12.7 Å². The van der Waals surface area contributed by atoms with E-state index in [1.165, 1.54) is 18.4 Å². The number of hydrogen-bond donors (Lipinski definition) is 5. The number of furan rings is 1. The number of primary amides is 1. The van der Waals surface area contributed by atoms with Crippen LogP contribution in [0.25, 0.3) is 33.1 Å². The molecule has 6 N–H and O–H groups in total. The van der Waals surface area contributed by atoms with Crippen LogP contribution in [-0.4, -0.2) is 41.5 Å². The summed E-state index contributed by atoms with van der Waals surface area (Å²) in [6, 6.07) is 13.9. The molecular weight excluding hydrogens is 611 g/mol. The zero-order valence-corrected chi connectivity index (χ0v) is 25.2. The van der Waals surface area contributed by atoms with Crippen molar-refractivity contribution in [2.24, 2.45) is 5.73 Å². The van der Waals surface area contributed by atoms with Crippen LogP contribution < -0.4 is 27.3 Å². The highest BCUT2D eigenvalue weighted by Gasteiger charge is 2.28. The van der Waals surface area contributed by atoms with E-state index in [0.29, 0.717) is 38.6 Å². The maximum absolute atomic E-state index is 13.5. The number of carboxylic acid groups (broad SMARTS) is 1. The number of fused-ring (bicyclic) bond motifs is 2. The summed E-state index contributed by atoms with van der Waals surface area (Å²) in [6.45, 7) is 1.77. The number of nitrogens with one attached hydrogen (secondary N) is 3.